The molecule has 4 unspecified atom stereocenters. The molecule has 2 heterocycles. The number of para-hydroxylation sites is 1. The number of methoxy groups -OCH3 is 1. The van der Waals surface area contributed by atoms with Crippen molar-refractivity contribution in [3.8, 4) is 0 Å². The molecule has 0 radical (unpaired) electrons. The van der Waals surface area contributed by atoms with Crippen molar-refractivity contribution in [1.29, 1.82) is 0 Å². The highest BCUT2D eigenvalue weighted by Crippen LogP contribution is 2.50. The van der Waals surface area contributed by atoms with Crippen LogP contribution in [-0.4, -0.2) is 30.4 Å². The molecule has 2 fully saturated rings. The van der Waals surface area contributed by atoms with Gasteiger partial charge in [0.1, 0.15) is 11.4 Å². The van der Waals surface area contributed by atoms with Gasteiger partial charge in [0.25, 0.3) is 0 Å². The summed E-state index contributed by atoms with van der Waals surface area (Å²) in [4.78, 5) is 40.2. The minimum atomic E-state index is -1.41. The van der Waals surface area contributed by atoms with Crippen molar-refractivity contribution in [3.63, 3.8) is 0 Å². The van der Waals surface area contributed by atoms with E-state index in [-0.39, 0.29) is 5.69 Å². The molecule has 4 rings (SSSR count). The molecule has 0 bridgehead atoms. The smallest absolute Gasteiger partial charge is 0.326 e. The van der Waals surface area contributed by atoms with Gasteiger partial charge in [0.05, 0.1) is 24.6 Å². The van der Waals surface area contributed by atoms with Crippen molar-refractivity contribution >= 4 is 23.5 Å². The molecular formula is C22H21FN2O4. The normalized spacial score (nSPS) is 28.6. The molecule has 0 aliphatic carbocycles. The van der Waals surface area contributed by atoms with E-state index in [0.717, 1.165) is 16.0 Å². The van der Waals surface area contributed by atoms with Gasteiger partial charge >= 0.3 is 5.97 Å². The summed E-state index contributed by atoms with van der Waals surface area (Å²) in [5, 5.41) is 3.17. The summed E-state index contributed by atoms with van der Waals surface area (Å²) in [5.41, 5.74) is 0.296. The number of fused-ring (bicyclic) bond motifs is 1. The predicted molar refractivity (Wildman–Crippen MR) is 103 cm³/mol. The van der Waals surface area contributed by atoms with Crippen LogP contribution < -0.4 is 10.2 Å². The Morgan fingerprint density at radius 1 is 1.10 bits per heavy atom. The number of carbonyl (C=O) groups is 3. The molecule has 0 aromatic heterocycles. The van der Waals surface area contributed by atoms with E-state index >= 15 is 0 Å². The molecule has 4 atom stereocenters. The topological polar surface area (TPSA) is 75.7 Å². The fourth-order valence-corrected chi connectivity index (χ4v) is 4.47. The van der Waals surface area contributed by atoms with Gasteiger partial charge in [0, 0.05) is 6.04 Å². The molecule has 2 amide bonds. The number of rotatable bonds is 3. The van der Waals surface area contributed by atoms with Gasteiger partial charge in [0.15, 0.2) is 0 Å². The lowest BCUT2D eigenvalue weighted by atomic mass is 9.80. The van der Waals surface area contributed by atoms with Crippen LogP contribution in [-0.2, 0) is 19.1 Å². The number of carbonyl (C=O) groups excluding carboxylic acids is 3. The lowest BCUT2D eigenvalue weighted by Crippen LogP contribution is -2.54. The number of halogens is 1. The highest BCUT2D eigenvalue weighted by Gasteiger charge is 2.67. The summed E-state index contributed by atoms with van der Waals surface area (Å²) >= 11 is 0. The number of nitrogens with one attached hydrogen (secondary N) is 1. The van der Waals surface area contributed by atoms with Crippen molar-refractivity contribution in [1.82, 2.24) is 5.32 Å². The van der Waals surface area contributed by atoms with E-state index in [1.165, 1.54) is 25.3 Å². The maximum Gasteiger partial charge on any atom is 0.326 e. The molecule has 6 nitrogen and oxygen atoms in total. The highest BCUT2D eigenvalue weighted by molar-refractivity contribution is 6.24. The average Bonchev–Trinajstić information content (AvgIpc) is 3.17. The number of imide groups is 1. The Morgan fingerprint density at radius 2 is 1.76 bits per heavy atom. The fraction of sp³-hybridized carbons (Fsp3) is 0.318. The van der Waals surface area contributed by atoms with Gasteiger partial charge in [-0.2, -0.15) is 0 Å². The number of nitrogens with zero attached hydrogens (tertiary/aromatic N) is 1. The monoisotopic (exact) mass is 396 g/mol. The zero-order valence-electron chi connectivity index (χ0n) is 16.3. The minimum absolute atomic E-state index is 0.105. The predicted octanol–water partition coefficient (Wildman–Crippen LogP) is 2.52. The van der Waals surface area contributed by atoms with Crippen LogP contribution in [0.15, 0.2) is 48.5 Å². The Balaban J connectivity index is 1.84. The summed E-state index contributed by atoms with van der Waals surface area (Å²) in [6.07, 6.45) is 0. The second kappa shape index (κ2) is 6.77. The third kappa shape index (κ3) is 2.76. The molecule has 2 aliphatic rings. The molecule has 1 N–H and O–H groups in total. The van der Waals surface area contributed by atoms with Gasteiger partial charge in [-0.25, -0.2) is 9.29 Å². The van der Waals surface area contributed by atoms with Gasteiger partial charge < -0.3 is 4.74 Å². The second-order valence-electron chi connectivity index (χ2n) is 7.69. The molecule has 2 saturated heterocycles. The molecule has 7 heteroatoms. The van der Waals surface area contributed by atoms with E-state index in [1.54, 1.807) is 13.0 Å². The first-order valence-corrected chi connectivity index (χ1v) is 9.34. The fourth-order valence-electron chi connectivity index (χ4n) is 4.47. The first-order chi connectivity index (χ1) is 13.8. The number of anilines is 1. The minimum Gasteiger partial charge on any atom is -0.468 e. The lowest BCUT2D eigenvalue weighted by molar-refractivity contribution is -0.151. The quantitative estimate of drug-likeness (QED) is 0.637. The largest absolute Gasteiger partial charge is 0.468 e. The molecular weight excluding hydrogens is 375 g/mol. The van der Waals surface area contributed by atoms with Crippen molar-refractivity contribution < 1.29 is 23.5 Å². The molecule has 150 valence electrons. The number of hydrogen-bond donors (Lipinski definition) is 1. The maximum atomic E-state index is 14.4. The van der Waals surface area contributed by atoms with Crippen LogP contribution >= 0.6 is 0 Å². The van der Waals surface area contributed by atoms with Crippen molar-refractivity contribution in [2.24, 2.45) is 11.8 Å². The van der Waals surface area contributed by atoms with E-state index < -0.39 is 47.0 Å². The Bertz CT molecular complexity index is 1010. The summed E-state index contributed by atoms with van der Waals surface area (Å²) in [7, 11) is 1.24. The maximum absolute atomic E-state index is 14.4. The van der Waals surface area contributed by atoms with Crippen LogP contribution in [0.3, 0.4) is 0 Å². The van der Waals surface area contributed by atoms with Gasteiger partial charge in [-0.3, -0.25) is 19.7 Å². The highest BCUT2D eigenvalue weighted by atomic mass is 19.1. The van der Waals surface area contributed by atoms with Crippen LogP contribution in [0, 0.1) is 24.6 Å². The van der Waals surface area contributed by atoms with Crippen molar-refractivity contribution in [3.05, 3.63) is 65.5 Å². The standard InChI is InChI=1S/C22H21FN2O4/c1-12-8-10-13(11-9-12)18-16-17(22(2,24-18)21(28)29-3)20(27)25(19(16)26)15-7-5-4-6-14(15)23/h4-11,16-18,24H,1-3H3. The van der Waals surface area contributed by atoms with E-state index in [4.69, 9.17) is 4.74 Å². The van der Waals surface area contributed by atoms with E-state index in [0.29, 0.717) is 0 Å². The van der Waals surface area contributed by atoms with Gasteiger partial charge in [-0.1, -0.05) is 42.0 Å². The molecule has 2 aliphatic heterocycles. The number of aryl methyl sites for hydroxylation is 1. The first-order valence-electron chi connectivity index (χ1n) is 9.34. The summed E-state index contributed by atoms with van der Waals surface area (Å²) < 4.78 is 19.3. The summed E-state index contributed by atoms with van der Waals surface area (Å²) in [6, 6.07) is 12.5. The Kier molecular flexibility index (Phi) is 4.50. The SMILES string of the molecule is COC(=O)C1(C)NC(c2ccc(C)cc2)C2C(=O)N(c3ccccc3F)C(=O)C21. The van der Waals surface area contributed by atoms with Crippen molar-refractivity contribution in [2.45, 2.75) is 25.4 Å². The van der Waals surface area contributed by atoms with Crippen LogP contribution in [0.25, 0.3) is 0 Å². The van der Waals surface area contributed by atoms with Gasteiger partial charge in [0.2, 0.25) is 11.8 Å². The molecule has 0 spiro atoms. The molecule has 0 saturated carbocycles. The third-order valence-corrected chi connectivity index (χ3v) is 5.93. The Labute approximate surface area is 167 Å². The van der Waals surface area contributed by atoms with Crippen LogP contribution in [0.5, 0.6) is 0 Å². The molecule has 2 aromatic carbocycles. The van der Waals surface area contributed by atoms with Gasteiger partial charge in [-0.15, -0.1) is 0 Å². The number of amides is 2. The van der Waals surface area contributed by atoms with E-state index in [1.807, 2.05) is 31.2 Å². The average molecular weight is 396 g/mol. The summed E-state index contributed by atoms with van der Waals surface area (Å²) in [5.74, 6) is -4.31. The van der Waals surface area contributed by atoms with E-state index in [9.17, 15) is 18.8 Å². The Morgan fingerprint density at radius 3 is 2.38 bits per heavy atom. The number of benzene rings is 2. The molecule has 2 aromatic rings. The zero-order chi connectivity index (χ0) is 20.9. The van der Waals surface area contributed by atoms with Crippen molar-refractivity contribution in [2.75, 3.05) is 12.0 Å². The summed E-state index contributed by atoms with van der Waals surface area (Å²) in [6.45, 7) is 3.50. The lowest BCUT2D eigenvalue weighted by Gasteiger charge is -2.28. The van der Waals surface area contributed by atoms with E-state index in [2.05, 4.69) is 5.32 Å². The van der Waals surface area contributed by atoms with Crippen LogP contribution in [0.1, 0.15) is 24.1 Å². The first kappa shape index (κ1) is 19.3. The number of ether oxygens (including phenoxy) is 1. The van der Waals surface area contributed by atoms with Crippen LogP contribution in [0.4, 0.5) is 10.1 Å². The zero-order valence-corrected chi connectivity index (χ0v) is 16.3. The Hall–Kier alpha value is -3.06. The van der Waals surface area contributed by atoms with Gasteiger partial charge in [-0.05, 0) is 31.5 Å². The van der Waals surface area contributed by atoms with Crippen LogP contribution in [0.2, 0.25) is 0 Å². The second-order valence-corrected chi connectivity index (χ2v) is 7.69. The number of esters is 1. The number of hydrogen-bond acceptors (Lipinski definition) is 5. The third-order valence-electron chi connectivity index (χ3n) is 5.93. The molecule has 29 heavy (non-hydrogen) atoms.